The molecule has 9 heteroatoms. The molecule has 1 aromatic heterocycles. The number of carbonyl (C=O) groups excluding carboxylic acids is 2. The normalized spacial score (nSPS) is 10.8. The first-order chi connectivity index (χ1) is 14.4. The minimum absolute atomic E-state index is 0.0658. The number of fused-ring (bicyclic) bond motifs is 1. The number of halogens is 3. The Morgan fingerprint density at radius 3 is 2.50 bits per heavy atom. The van der Waals surface area contributed by atoms with Crippen molar-refractivity contribution in [3.63, 3.8) is 0 Å². The van der Waals surface area contributed by atoms with E-state index in [9.17, 15) is 22.8 Å². The molecule has 0 aliphatic rings. The third-order valence-corrected chi connectivity index (χ3v) is 4.21. The molecule has 0 radical (unpaired) electrons. The van der Waals surface area contributed by atoms with E-state index in [1.54, 1.807) is 0 Å². The average Bonchev–Trinajstić information content (AvgIpc) is 3.18. The van der Waals surface area contributed by atoms with Crippen molar-refractivity contribution in [1.29, 1.82) is 0 Å². The van der Waals surface area contributed by atoms with Gasteiger partial charge in [0.05, 0.1) is 5.56 Å². The van der Waals surface area contributed by atoms with Gasteiger partial charge in [-0.15, -0.1) is 0 Å². The molecule has 0 unspecified atom stereocenters. The summed E-state index contributed by atoms with van der Waals surface area (Å²) in [5.41, 5.74) is 0.309. The van der Waals surface area contributed by atoms with Crippen LogP contribution in [-0.4, -0.2) is 16.8 Å². The number of nitrogens with zero attached hydrogens (tertiary/aromatic N) is 1. The van der Waals surface area contributed by atoms with E-state index in [4.69, 9.17) is 4.42 Å². The van der Waals surface area contributed by atoms with Gasteiger partial charge < -0.3 is 15.1 Å². The van der Waals surface area contributed by atoms with Gasteiger partial charge in [-0.3, -0.25) is 4.79 Å². The number of hydrogen-bond acceptors (Lipinski definition) is 4. The lowest BCUT2D eigenvalue weighted by atomic mass is 10.0. The summed E-state index contributed by atoms with van der Waals surface area (Å²) in [5.74, 6) is -4.02. The number of ketones is 1. The maximum atomic E-state index is 14.3. The topological polar surface area (TPSA) is 84.2 Å². The highest BCUT2D eigenvalue weighted by Gasteiger charge is 2.20. The van der Waals surface area contributed by atoms with Gasteiger partial charge in [-0.25, -0.2) is 22.9 Å². The first-order valence-electron chi connectivity index (χ1n) is 8.61. The highest BCUT2D eigenvalue weighted by atomic mass is 19.2. The van der Waals surface area contributed by atoms with Crippen molar-refractivity contribution in [1.82, 2.24) is 4.98 Å². The molecule has 0 bridgehead atoms. The van der Waals surface area contributed by atoms with Crippen molar-refractivity contribution in [3.8, 4) is 0 Å². The lowest BCUT2D eigenvalue weighted by Gasteiger charge is -2.10. The van der Waals surface area contributed by atoms with Crippen LogP contribution in [0.25, 0.3) is 11.1 Å². The van der Waals surface area contributed by atoms with Crippen LogP contribution in [0, 0.1) is 17.5 Å². The number of carbonyl (C=O) groups is 2. The zero-order chi connectivity index (χ0) is 21.3. The summed E-state index contributed by atoms with van der Waals surface area (Å²) in [4.78, 5) is 28.7. The second kappa shape index (κ2) is 7.70. The molecule has 1 heterocycles. The number of amides is 2. The number of urea groups is 1. The lowest BCUT2D eigenvalue weighted by molar-refractivity contribution is 0.103. The molecule has 0 fully saturated rings. The molecule has 0 aliphatic heterocycles. The Hall–Kier alpha value is -4.14. The molecule has 4 aromatic rings. The number of hydrogen-bond donors (Lipinski definition) is 2. The standard InChI is InChI=1S/C21H12F3N3O3/c22-12-2-1-3-13(7-12)26-21(29)27-14-8-15(19(24)16(23)9-14)20(28)11-4-5-18-17(6-11)25-10-30-18/h1-10H,(H2,26,27,29). The van der Waals surface area contributed by atoms with Crippen molar-refractivity contribution in [2.45, 2.75) is 0 Å². The van der Waals surface area contributed by atoms with Gasteiger partial charge >= 0.3 is 6.03 Å². The first-order valence-corrected chi connectivity index (χ1v) is 8.61. The molecule has 6 nitrogen and oxygen atoms in total. The summed E-state index contributed by atoms with van der Waals surface area (Å²) in [6, 6.07) is 10.3. The summed E-state index contributed by atoms with van der Waals surface area (Å²) >= 11 is 0. The fourth-order valence-corrected chi connectivity index (χ4v) is 2.84. The zero-order valence-corrected chi connectivity index (χ0v) is 15.1. The molecule has 2 N–H and O–H groups in total. The number of rotatable bonds is 4. The third kappa shape index (κ3) is 3.86. The molecule has 2 amide bonds. The SMILES string of the molecule is O=C(Nc1cccc(F)c1)Nc1cc(F)c(F)c(C(=O)c2ccc3ocnc3c2)c1. The van der Waals surface area contributed by atoms with Crippen molar-refractivity contribution < 1.29 is 27.2 Å². The Kier molecular flexibility index (Phi) is 4.93. The van der Waals surface area contributed by atoms with E-state index >= 15 is 0 Å². The van der Waals surface area contributed by atoms with Crippen LogP contribution in [0.1, 0.15) is 15.9 Å². The lowest BCUT2D eigenvalue weighted by Crippen LogP contribution is -2.20. The Morgan fingerprint density at radius 2 is 1.70 bits per heavy atom. The average molecular weight is 411 g/mol. The number of oxazole rings is 1. The first kappa shape index (κ1) is 19.2. The van der Waals surface area contributed by atoms with Crippen LogP contribution in [0.3, 0.4) is 0 Å². The van der Waals surface area contributed by atoms with Crippen molar-refractivity contribution in [2.75, 3.05) is 10.6 Å². The predicted octanol–water partition coefficient (Wildman–Crippen LogP) is 5.12. The number of benzene rings is 3. The van der Waals surface area contributed by atoms with Gasteiger partial charge in [0.15, 0.2) is 29.4 Å². The third-order valence-electron chi connectivity index (χ3n) is 4.21. The van der Waals surface area contributed by atoms with Gasteiger partial charge in [0.2, 0.25) is 0 Å². The van der Waals surface area contributed by atoms with E-state index in [2.05, 4.69) is 15.6 Å². The number of nitrogens with one attached hydrogen (secondary N) is 2. The quantitative estimate of drug-likeness (QED) is 0.457. The largest absolute Gasteiger partial charge is 0.443 e. The molecule has 3 aromatic carbocycles. The second-order valence-corrected chi connectivity index (χ2v) is 6.27. The molecule has 150 valence electrons. The maximum absolute atomic E-state index is 14.3. The Morgan fingerprint density at radius 1 is 0.900 bits per heavy atom. The Bertz CT molecular complexity index is 1290. The van der Waals surface area contributed by atoms with Gasteiger partial charge in [-0.2, -0.15) is 0 Å². The zero-order valence-electron chi connectivity index (χ0n) is 15.1. The van der Waals surface area contributed by atoms with Crippen LogP contribution in [0.5, 0.6) is 0 Å². The van der Waals surface area contributed by atoms with E-state index in [0.717, 1.165) is 18.2 Å². The van der Waals surface area contributed by atoms with E-state index < -0.39 is 34.8 Å². The molecule has 0 saturated heterocycles. The minimum atomic E-state index is -1.35. The summed E-state index contributed by atoms with van der Waals surface area (Å²) in [7, 11) is 0. The molecule has 0 aliphatic carbocycles. The van der Waals surface area contributed by atoms with Gasteiger partial charge in [0.1, 0.15) is 11.3 Å². The second-order valence-electron chi connectivity index (χ2n) is 6.27. The highest BCUT2D eigenvalue weighted by molar-refractivity contribution is 6.11. The van der Waals surface area contributed by atoms with Gasteiger partial charge in [-0.1, -0.05) is 6.07 Å². The summed E-state index contributed by atoms with van der Waals surface area (Å²) in [5, 5.41) is 4.64. The van der Waals surface area contributed by atoms with Crippen molar-refractivity contribution in [2.24, 2.45) is 0 Å². The van der Waals surface area contributed by atoms with Crippen LogP contribution in [0.4, 0.5) is 29.3 Å². The highest BCUT2D eigenvalue weighted by Crippen LogP contribution is 2.23. The van der Waals surface area contributed by atoms with E-state index in [1.165, 1.54) is 42.8 Å². The molecule has 0 spiro atoms. The van der Waals surface area contributed by atoms with E-state index in [1.807, 2.05) is 0 Å². The molecule has 4 rings (SSSR count). The van der Waals surface area contributed by atoms with E-state index in [-0.39, 0.29) is 16.9 Å². The summed E-state index contributed by atoms with van der Waals surface area (Å²) < 4.78 is 46.7. The fraction of sp³-hybridized carbons (Fsp3) is 0. The molecule has 0 atom stereocenters. The van der Waals surface area contributed by atoms with Crippen molar-refractivity contribution >= 4 is 34.3 Å². The van der Waals surface area contributed by atoms with Crippen LogP contribution in [-0.2, 0) is 0 Å². The Balaban J connectivity index is 1.60. The molecule has 0 saturated carbocycles. The molecular weight excluding hydrogens is 399 g/mol. The van der Waals surface area contributed by atoms with Gasteiger partial charge in [0.25, 0.3) is 0 Å². The van der Waals surface area contributed by atoms with Crippen LogP contribution in [0.2, 0.25) is 0 Å². The molecular formula is C21H12F3N3O3. The molecule has 30 heavy (non-hydrogen) atoms. The Labute approximate surface area is 167 Å². The minimum Gasteiger partial charge on any atom is -0.443 e. The van der Waals surface area contributed by atoms with Crippen molar-refractivity contribution in [3.05, 3.63) is 89.6 Å². The smallest absolute Gasteiger partial charge is 0.323 e. The van der Waals surface area contributed by atoms with E-state index in [0.29, 0.717) is 11.1 Å². The van der Waals surface area contributed by atoms with Crippen LogP contribution in [0.15, 0.2) is 65.4 Å². The number of anilines is 2. The van der Waals surface area contributed by atoms with Gasteiger partial charge in [0, 0.05) is 23.0 Å². The van der Waals surface area contributed by atoms with Crippen LogP contribution < -0.4 is 10.6 Å². The summed E-state index contributed by atoms with van der Waals surface area (Å²) in [6.45, 7) is 0. The van der Waals surface area contributed by atoms with Gasteiger partial charge in [-0.05, 0) is 42.5 Å². The van der Waals surface area contributed by atoms with Crippen LogP contribution >= 0.6 is 0 Å². The monoisotopic (exact) mass is 411 g/mol. The fourth-order valence-electron chi connectivity index (χ4n) is 2.84. The maximum Gasteiger partial charge on any atom is 0.323 e. The predicted molar refractivity (Wildman–Crippen MR) is 103 cm³/mol. The summed E-state index contributed by atoms with van der Waals surface area (Å²) in [6.07, 6.45) is 1.20. The number of aromatic nitrogens is 1.